The maximum Gasteiger partial charge on any atom is 0.0724 e. The van der Waals surface area contributed by atoms with E-state index in [1.165, 1.54) is 0 Å². The van der Waals surface area contributed by atoms with Gasteiger partial charge in [-0.05, 0) is 18.2 Å². The first-order chi connectivity index (χ1) is 5.86. The van der Waals surface area contributed by atoms with Gasteiger partial charge in [0.2, 0.25) is 0 Å². The fraction of sp³-hybridized carbons (Fsp3) is 0. The molecule has 0 atom stereocenters. The fourth-order valence-corrected chi connectivity index (χ4v) is 1.00. The molecule has 0 unspecified atom stereocenters. The number of nitrogen functional groups attached to an aromatic ring is 1. The topological polar surface area (TPSA) is 43.8 Å². The van der Waals surface area contributed by atoms with E-state index in [0.29, 0.717) is 5.69 Å². The summed E-state index contributed by atoms with van der Waals surface area (Å²) in [5, 5.41) is 4.06. The second-order valence-corrected chi connectivity index (χ2v) is 2.48. The Labute approximate surface area is 70.4 Å². The van der Waals surface area contributed by atoms with E-state index in [1.807, 2.05) is 24.3 Å². The largest absolute Gasteiger partial charge is 0.396 e. The Bertz CT molecular complexity index is 364. The van der Waals surface area contributed by atoms with Gasteiger partial charge in [-0.25, -0.2) is 4.68 Å². The number of nitrogens with two attached hydrogens (primary N) is 1. The number of nitrogens with zero attached hydrogens (tertiary/aromatic N) is 2. The van der Waals surface area contributed by atoms with Gasteiger partial charge in [-0.2, -0.15) is 5.10 Å². The van der Waals surface area contributed by atoms with E-state index in [9.17, 15) is 0 Å². The molecule has 1 aromatic carbocycles. The predicted molar refractivity (Wildman–Crippen MR) is 46.8 cm³/mol. The number of rotatable bonds is 1. The third kappa shape index (κ3) is 1.16. The van der Waals surface area contributed by atoms with Crippen LogP contribution in [-0.4, -0.2) is 9.78 Å². The summed E-state index contributed by atoms with van der Waals surface area (Å²) >= 11 is 0. The lowest BCUT2D eigenvalue weighted by atomic mass is 10.3. The molecule has 2 N–H and O–H groups in total. The first kappa shape index (κ1) is 6.91. The van der Waals surface area contributed by atoms with Crippen LogP contribution in [0.2, 0.25) is 0 Å². The van der Waals surface area contributed by atoms with E-state index < -0.39 is 0 Å². The van der Waals surface area contributed by atoms with Gasteiger partial charge in [0.05, 0.1) is 23.8 Å². The molecule has 0 saturated heterocycles. The molecule has 12 heavy (non-hydrogen) atoms. The van der Waals surface area contributed by atoms with Crippen LogP contribution in [0.25, 0.3) is 5.69 Å². The Morgan fingerprint density at radius 2 is 2.42 bits per heavy atom. The van der Waals surface area contributed by atoms with E-state index in [0.717, 1.165) is 5.69 Å². The van der Waals surface area contributed by atoms with Crippen LogP contribution >= 0.6 is 0 Å². The average Bonchev–Trinajstić information content (AvgIpc) is 2.54. The molecule has 2 rings (SSSR count). The summed E-state index contributed by atoms with van der Waals surface area (Å²) in [6, 6.07) is 10.5. The normalized spacial score (nSPS) is 10.0. The standard InChI is InChI=1S/C9H8N3/c10-8-6-11-12(7-8)9-4-2-1-3-5-9/h1-2,4-7H,10H2. The Hall–Kier alpha value is -1.77. The maximum absolute atomic E-state index is 5.52. The van der Waals surface area contributed by atoms with Gasteiger partial charge >= 0.3 is 0 Å². The van der Waals surface area contributed by atoms with Gasteiger partial charge in [0.25, 0.3) is 0 Å². The lowest BCUT2D eigenvalue weighted by Crippen LogP contribution is -1.92. The zero-order chi connectivity index (χ0) is 8.39. The highest BCUT2D eigenvalue weighted by atomic mass is 15.3. The van der Waals surface area contributed by atoms with Crippen LogP contribution in [0.5, 0.6) is 0 Å². The molecule has 0 fully saturated rings. The summed E-state index contributed by atoms with van der Waals surface area (Å²) < 4.78 is 1.71. The average molecular weight is 158 g/mol. The SMILES string of the molecule is Nc1cnn(-c2c[c]ccc2)c1. The van der Waals surface area contributed by atoms with Gasteiger partial charge in [0, 0.05) is 0 Å². The number of anilines is 1. The first-order valence-corrected chi connectivity index (χ1v) is 3.63. The smallest absolute Gasteiger partial charge is 0.0724 e. The minimum absolute atomic E-state index is 0.666. The van der Waals surface area contributed by atoms with Crippen LogP contribution in [0.15, 0.2) is 36.7 Å². The van der Waals surface area contributed by atoms with Crippen molar-refractivity contribution in [1.29, 1.82) is 0 Å². The van der Waals surface area contributed by atoms with Gasteiger partial charge < -0.3 is 5.73 Å². The van der Waals surface area contributed by atoms with Gasteiger partial charge in [-0.1, -0.05) is 12.1 Å². The van der Waals surface area contributed by atoms with Crippen molar-refractivity contribution in [2.45, 2.75) is 0 Å². The van der Waals surface area contributed by atoms with Crippen molar-refractivity contribution in [3.63, 3.8) is 0 Å². The molecule has 0 bridgehead atoms. The van der Waals surface area contributed by atoms with Crippen molar-refractivity contribution >= 4 is 5.69 Å². The third-order valence-corrected chi connectivity index (χ3v) is 1.56. The fourth-order valence-electron chi connectivity index (χ4n) is 1.00. The van der Waals surface area contributed by atoms with Crippen molar-refractivity contribution in [3.8, 4) is 5.69 Å². The molecule has 2 aromatic rings. The molecular weight excluding hydrogens is 150 g/mol. The minimum atomic E-state index is 0.666. The van der Waals surface area contributed by atoms with Crippen LogP contribution in [0.4, 0.5) is 5.69 Å². The van der Waals surface area contributed by atoms with Crippen LogP contribution in [0.1, 0.15) is 0 Å². The van der Waals surface area contributed by atoms with Gasteiger partial charge in [0.1, 0.15) is 0 Å². The summed E-state index contributed by atoms with van der Waals surface area (Å²) in [6.07, 6.45) is 3.39. The zero-order valence-electron chi connectivity index (χ0n) is 6.44. The molecule has 0 spiro atoms. The van der Waals surface area contributed by atoms with E-state index in [-0.39, 0.29) is 0 Å². The molecular formula is C9H8N3. The van der Waals surface area contributed by atoms with E-state index >= 15 is 0 Å². The Morgan fingerprint density at radius 1 is 1.50 bits per heavy atom. The van der Waals surface area contributed by atoms with Gasteiger partial charge in [-0.3, -0.25) is 0 Å². The van der Waals surface area contributed by atoms with Crippen molar-refractivity contribution in [2.24, 2.45) is 0 Å². The van der Waals surface area contributed by atoms with Crippen LogP contribution < -0.4 is 5.73 Å². The molecule has 3 nitrogen and oxygen atoms in total. The summed E-state index contributed by atoms with van der Waals surface area (Å²) in [5.74, 6) is 0. The molecule has 1 radical (unpaired) electrons. The third-order valence-electron chi connectivity index (χ3n) is 1.56. The highest BCUT2D eigenvalue weighted by molar-refractivity contribution is 5.37. The Morgan fingerprint density at radius 3 is 3.00 bits per heavy atom. The van der Waals surface area contributed by atoms with Crippen molar-refractivity contribution in [2.75, 3.05) is 5.73 Å². The number of benzene rings is 1. The minimum Gasteiger partial charge on any atom is -0.396 e. The van der Waals surface area contributed by atoms with Gasteiger partial charge in [0.15, 0.2) is 0 Å². The monoisotopic (exact) mass is 158 g/mol. The zero-order valence-corrected chi connectivity index (χ0v) is 6.44. The highest BCUT2D eigenvalue weighted by Crippen LogP contribution is 2.07. The predicted octanol–water partition coefficient (Wildman–Crippen LogP) is 1.25. The second-order valence-electron chi connectivity index (χ2n) is 2.48. The van der Waals surface area contributed by atoms with Crippen molar-refractivity contribution in [1.82, 2.24) is 9.78 Å². The second kappa shape index (κ2) is 2.70. The quantitative estimate of drug-likeness (QED) is 0.678. The lowest BCUT2D eigenvalue weighted by molar-refractivity contribution is 0.880. The van der Waals surface area contributed by atoms with Gasteiger partial charge in [-0.15, -0.1) is 0 Å². The highest BCUT2D eigenvalue weighted by Gasteiger charge is 1.95. The van der Waals surface area contributed by atoms with E-state index in [4.69, 9.17) is 5.73 Å². The molecule has 0 aliphatic heterocycles. The molecule has 0 aliphatic rings. The molecule has 0 aliphatic carbocycles. The molecule has 1 aromatic heterocycles. The first-order valence-electron chi connectivity index (χ1n) is 3.63. The Balaban J connectivity index is 2.45. The molecule has 3 heteroatoms. The lowest BCUT2D eigenvalue weighted by Gasteiger charge is -1.97. The molecule has 1 heterocycles. The summed E-state index contributed by atoms with van der Waals surface area (Å²) in [4.78, 5) is 0. The molecule has 0 amide bonds. The number of aromatic nitrogens is 2. The van der Waals surface area contributed by atoms with E-state index in [1.54, 1.807) is 17.1 Å². The van der Waals surface area contributed by atoms with E-state index in [2.05, 4.69) is 11.2 Å². The Kier molecular flexibility index (Phi) is 1.55. The van der Waals surface area contributed by atoms with Crippen molar-refractivity contribution < 1.29 is 0 Å². The summed E-state index contributed by atoms with van der Waals surface area (Å²) in [5.41, 5.74) is 7.15. The summed E-state index contributed by atoms with van der Waals surface area (Å²) in [7, 11) is 0. The number of hydrogen-bond donors (Lipinski definition) is 1. The number of hydrogen-bond acceptors (Lipinski definition) is 2. The van der Waals surface area contributed by atoms with Crippen LogP contribution in [-0.2, 0) is 0 Å². The molecule has 0 saturated carbocycles. The molecule has 59 valence electrons. The summed E-state index contributed by atoms with van der Waals surface area (Å²) in [6.45, 7) is 0. The van der Waals surface area contributed by atoms with Crippen molar-refractivity contribution in [3.05, 3.63) is 42.7 Å². The van der Waals surface area contributed by atoms with Crippen LogP contribution in [0, 0.1) is 6.07 Å². The van der Waals surface area contributed by atoms with Crippen LogP contribution in [0.3, 0.4) is 0 Å². The maximum atomic E-state index is 5.52.